The zero-order valence-electron chi connectivity index (χ0n) is 20.4. The molecule has 188 valence electrons. The lowest BCUT2D eigenvalue weighted by molar-refractivity contribution is -0.116. The number of benzene rings is 1. The van der Waals surface area contributed by atoms with Crippen LogP contribution in [0.5, 0.6) is 5.75 Å². The molecule has 1 aromatic carbocycles. The lowest BCUT2D eigenvalue weighted by Gasteiger charge is -2.26. The van der Waals surface area contributed by atoms with E-state index in [0.29, 0.717) is 22.6 Å². The van der Waals surface area contributed by atoms with E-state index in [1.54, 1.807) is 42.3 Å². The number of allylic oxidation sites excluding steroid dienone is 1. The molecule has 1 aliphatic heterocycles. The van der Waals surface area contributed by atoms with Crippen LogP contribution in [-0.4, -0.2) is 27.6 Å². The molecule has 2 aliphatic rings. The second-order valence-corrected chi connectivity index (χ2v) is 9.61. The number of carbonyl (C=O) groups excluding carboxylic acids is 2. The average Bonchev–Trinajstić information content (AvgIpc) is 3.25. The van der Waals surface area contributed by atoms with Gasteiger partial charge in [0.15, 0.2) is 0 Å². The molecular formula is C26H27F2N5O3. The monoisotopic (exact) mass is 495 g/mol. The summed E-state index contributed by atoms with van der Waals surface area (Å²) in [6, 6.07) is 2.18. The maximum atomic E-state index is 14.9. The van der Waals surface area contributed by atoms with Crippen molar-refractivity contribution in [1.82, 2.24) is 15.1 Å². The molecule has 1 unspecified atom stereocenters. The van der Waals surface area contributed by atoms with Gasteiger partial charge in [-0.1, -0.05) is 0 Å². The third-order valence-corrected chi connectivity index (χ3v) is 5.73. The van der Waals surface area contributed by atoms with Crippen LogP contribution in [0.1, 0.15) is 31.9 Å². The molecule has 0 saturated carbocycles. The molecule has 4 N–H and O–H groups in total. The topological polar surface area (TPSA) is 111 Å². The van der Waals surface area contributed by atoms with Gasteiger partial charge in [0.05, 0.1) is 35.5 Å². The lowest BCUT2D eigenvalue weighted by atomic mass is 9.93. The molecule has 2 amide bonds. The van der Waals surface area contributed by atoms with E-state index in [0.717, 1.165) is 0 Å². The Bertz CT molecular complexity index is 1360. The fourth-order valence-electron chi connectivity index (χ4n) is 3.83. The molecule has 10 heteroatoms. The van der Waals surface area contributed by atoms with Crippen LogP contribution >= 0.6 is 0 Å². The van der Waals surface area contributed by atoms with Crippen molar-refractivity contribution in [2.45, 2.75) is 45.7 Å². The third kappa shape index (κ3) is 5.22. The number of amides is 2. The summed E-state index contributed by atoms with van der Waals surface area (Å²) in [5.41, 5.74) is 6.56. The molecule has 0 saturated heterocycles. The van der Waals surface area contributed by atoms with Gasteiger partial charge in [0.2, 0.25) is 5.91 Å². The van der Waals surface area contributed by atoms with E-state index >= 15 is 0 Å². The number of fused-ring (bicyclic) bond motifs is 1. The first-order valence-electron chi connectivity index (χ1n) is 11.3. The maximum Gasteiger partial charge on any atom is 0.251 e. The van der Waals surface area contributed by atoms with Crippen LogP contribution in [0.15, 0.2) is 71.7 Å². The van der Waals surface area contributed by atoms with E-state index in [1.165, 1.54) is 18.2 Å². The Morgan fingerprint density at radius 3 is 2.69 bits per heavy atom. The first kappa shape index (κ1) is 24.9. The van der Waals surface area contributed by atoms with Gasteiger partial charge in [-0.3, -0.25) is 14.3 Å². The molecular weight excluding hydrogens is 468 g/mol. The minimum Gasteiger partial charge on any atom is -0.457 e. The van der Waals surface area contributed by atoms with Crippen LogP contribution in [-0.2, 0) is 21.5 Å². The fraction of sp³-hybridized carbons (Fsp3) is 0.269. The highest BCUT2D eigenvalue weighted by atomic mass is 19.1. The SMILES string of the molecule is Cc1cc(CC(=O)Nc2cnn(C(C)(C)C)c2)c(F)cc1OC1=C2C=C(C(N)=O)C(F)=CC2NC=C1. The first-order chi connectivity index (χ1) is 16.9. The molecule has 0 bridgehead atoms. The molecule has 1 aliphatic carbocycles. The minimum absolute atomic E-state index is 0.178. The highest BCUT2D eigenvalue weighted by molar-refractivity contribution is 5.97. The van der Waals surface area contributed by atoms with Crippen molar-refractivity contribution in [1.29, 1.82) is 0 Å². The Morgan fingerprint density at radius 2 is 2.03 bits per heavy atom. The number of nitrogens with zero attached hydrogens (tertiary/aromatic N) is 2. The van der Waals surface area contributed by atoms with Crippen LogP contribution in [0.25, 0.3) is 0 Å². The Morgan fingerprint density at radius 1 is 1.28 bits per heavy atom. The molecule has 1 atom stereocenters. The number of nitrogens with one attached hydrogen (secondary N) is 2. The van der Waals surface area contributed by atoms with Crippen molar-refractivity contribution in [2.24, 2.45) is 5.73 Å². The summed E-state index contributed by atoms with van der Waals surface area (Å²) in [5, 5.41) is 9.93. The van der Waals surface area contributed by atoms with Crippen molar-refractivity contribution in [3.63, 3.8) is 0 Å². The van der Waals surface area contributed by atoms with Gasteiger partial charge in [0.25, 0.3) is 5.91 Å². The van der Waals surface area contributed by atoms with Gasteiger partial charge >= 0.3 is 0 Å². The van der Waals surface area contributed by atoms with E-state index in [4.69, 9.17) is 10.5 Å². The smallest absolute Gasteiger partial charge is 0.251 e. The molecule has 2 heterocycles. The second-order valence-electron chi connectivity index (χ2n) is 9.61. The quantitative estimate of drug-likeness (QED) is 0.566. The van der Waals surface area contributed by atoms with Gasteiger partial charge in [0, 0.05) is 24.0 Å². The summed E-state index contributed by atoms with van der Waals surface area (Å²) in [4.78, 5) is 24.1. The number of ether oxygens (including phenoxy) is 1. The maximum absolute atomic E-state index is 14.9. The average molecular weight is 496 g/mol. The number of halogens is 2. The van der Waals surface area contributed by atoms with E-state index in [2.05, 4.69) is 15.7 Å². The van der Waals surface area contributed by atoms with Gasteiger partial charge in [-0.25, -0.2) is 8.78 Å². The molecule has 8 nitrogen and oxygen atoms in total. The van der Waals surface area contributed by atoms with E-state index in [9.17, 15) is 18.4 Å². The van der Waals surface area contributed by atoms with Crippen molar-refractivity contribution < 1.29 is 23.1 Å². The van der Waals surface area contributed by atoms with Crippen molar-refractivity contribution >= 4 is 17.5 Å². The molecule has 0 fully saturated rings. The van der Waals surface area contributed by atoms with Crippen molar-refractivity contribution in [3.8, 4) is 5.75 Å². The van der Waals surface area contributed by atoms with Gasteiger partial charge in [0.1, 0.15) is 23.2 Å². The summed E-state index contributed by atoms with van der Waals surface area (Å²) in [7, 11) is 0. The molecule has 2 aromatic rings. The Hall–Kier alpha value is -4.21. The van der Waals surface area contributed by atoms with Crippen molar-refractivity contribution in [2.75, 3.05) is 5.32 Å². The molecule has 0 radical (unpaired) electrons. The highest BCUT2D eigenvalue weighted by Crippen LogP contribution is 2.32. The number of nitrogens with two attached hydrogens (primary N) is 1. The number of dihydropyridines is 1. The summed E-state index contributed by atoms with van der Waals surface area (Å²) < 4.78 is 36.8. The lowest BCUT2D eigenvalue weighted by Crippen LogP contribution is -2.32. The third-order valence-electron chi connectivity index (χ3n) is 5.73. The number of primary amides is 1. The highest BCUT2D eigenvalue weighted by Gasteiger charge is 2.27. The molecule has 0 spiro atoms. The Balaban J connectivity index is 1.52. The van der Waals surface area contributed by atoms with E-state index in [1.807, 2.05) is 20.8 Å². The Kier molecular flexibility index (Phi) is 6.53. The van der Waals surface area contributed by atoms with Gasteiger partial charge in [-0.2, -0.15) is 5.10 Å². The number of anilines is 1. The summed E-state index contributed by atoms with van der Waals surface area (Å²) in [5.74, 6) is -2.10. The number of aromatic nitrogens is 2. The summed E-state index contributed by atoms with van der Waals surface area (Å²) in [6.45, 7) is 7.68. The zero-order valence-corrected chi connectivity index (χ0v) is 20.4. The van der Waals surface area contributed by atoms with Gasteiger partial charge in [-0.05, 0) is 63.1 Å². The first-order valence-corrected chi connectivity index (χ1v) is 11.3. The number of carbonyl (C=O) groups is 2. The predicted molar refractivity (Wildman–Crippen MR) is 131 cm³/mol. The van der Waals surface area contributed by atoms with Crippen LogP contribution in [0.3, 0.4) is 0 Å². The summed E-state index contributed by atoms with van der Waals surface area (Å²) >= 11 is 0. The molecule has 4 rings (SSSR count). The number of hydrogen-bond donors (Lipinski definition) is 3. The van der Waals surface area contributed by atoms with Crippen molar-refractivity contribution in [3.05, 3.63) is 88.6 Å². The van der Waals surface area contributed by atoms with E-state index in [-0.39, 0.29) is 34.8 Å². The zero-order chi connectivity index (χ0) is 26.2. The predicted octanol–water partition coefficient (Wildman–Crippen LogP) is 3.66. The summed E-state index contributed by atoms with van der Waals surface area (Å²) in [6.07, 6.45) is 8.79. The van der Waals surface area contributed by atoms with Crippen LogP contribution in [0.2, 0.25) is 0 Å². The Labute approximate surface area is 207 Å². The fourth-order valence-corrected chi connectivity index (χ4v) is 3.83. The van der Waals surface area contributed by atoms with Crippen LogP contribution in [0.4, 0.5) is 14.5 Å². The van der Waals surface area contributed by atoms with Crippen LogP contribution < -0.4 is 21.1 Å². The normalized spacial score (nSPS) is 17.1. The van der Waals surface area contributed by atoms with Gasteiger partial charge < -0.3 is 21.1 Å². The second kappa shape index (κ2) is 9.44. The molecule has 1 aromatic heterocycles. The number of rotatable bonds is 6. The largest absolute Gasteiger partial charge is 0.457 e. The minimum atomic E-state index is -0.904. The number of aryl methyl sites for hydroxylation is 1. The van der Waals surface area contributed by atoms with Crippen LogP contribution in [0, 0.1) is 12.7 Å². The van der Waals surface area contributed by atoms with E-state index < -0.39 is 23.6 Å². The molecule has 36 heavy (non-hydrogen) atoms. The standard InChI is InChI=1S/C26H27F2N5O3/c1-14-7-15(8-24(34)32-16-12-31-33(13-16)26(2,3)4)19(27)11-23(14)36-22-5-6-30-21-10-20(28)17(25(29)35)9-18(21)22/h5-7,9-13,21,30H,8H2,1-4H3,(H2,29,35)(H,32,34). The van der Waals surface area contributed by atoms with Gasteiger partial charge in [-0.15, -0.1) is 0 Å². The number of hydrogen-bond acceptors (Lipinski definition) is 5.